The van der Waals surface area contributed by atoms with Crippen LogP contribution in [0.1, 0.15) is 17.9 Å². The average molecular weight is 178 g/mol. The van der Waals surface area contributed by atoms with E-state index in [1.54, 1.807) is 0 Å². The first kappa shape index (κ1) is 8.44. The van der Waals surface area contributed by atoms with E-state index >= 15 is 0 Å². The highest BCUT2D eigenvalue weighted by molar-refractivity contribution is 5.38. The summed E-state index contributed by atoms with van der Waals surface area (Å²) in [5.41, 5.74) is 4.29. The van der Waals surface area contributed by atoms with Crippen LogP contribution in [-0.2, 0) is 0 Å². The van der Waals surface area contributed by atoms with E-state index in [2.05, 4.69) is 20.4 Å². The largest absolute Gasteiger partial charge is 0.292 e. The monoisotopic (exact) mass is 178 g/mol. The van der Waals surface area contributed by atoms with Gasteiger partial charge in [-0.05, 0) is 20.3 Å². The van der Waals surface area contributed by atoms with Gasteiger partial charge >= 0.3 is 0 Å². The molecule has 0 radical (unpaired) electrons. The first-order valence-electron chi connectivity index (χ1n) is 4.59. The Kier molecular flexibility index (Phi) is 2.14. The Balaban J connectivity index is 2.28. The van der Waals surface area contributed by atoms with E-state index in [0.29, 0.717) is 0 Å². The van der Waals surface area contributed by atoms with E-state index in [4.69, 9.17) is 0 Å². The smallest absolute Gasteiger partial charge is 0.146 e. The minimum Gasteiger partial charge on any atom is -0.292 e. The van der Waals surface area contributed by atoms with Crippen molar-refractivity contribution in [1.82, 2.24) is 15.4 Å². The lowest BCUT2D eigenvalue weighted by Gasteiger charge is -2.16. The standard InChI is InChI=1S/C9H14N4/c1-7-6-9(12-8(2)11-7)13-5-3-4-10-13/h6,10H,3-5H2,1-2H3. The van der Waals surface area contributed by atoms with E-state index in [-0.39, 0.29) is 0 Å². The molecule has 0 unspecified atom stereocenters. The molecule has 0 bridgehead atoms. The summed E-state index contributed by atoms with van der Waals surface area (Å²) in [5, 5.41) is 2.08. The Bertz CT molecular complexity index is 284. The molecular weight excluding hydrogens is 164 g/mol. The highest BCUT2D eigenvalue weighted by Gasteiger charge is 2.13. The fourth-order valence-corrected chi connectivity index (χ4v) is 1.56. The highest BCUT2D eigenvalue weighted by Crippen LogP contribution is 2.12. The number of anilines is 1. The van der Waals surface area contributed by atoms with Gasteiger partial charge < -0.3 is 0 Å². The first-order valence-corrected chi connectivity index (χ1v) is 4.59. The Hall–Kier alpha value is -1.16. The Labute approximate surface area is 78.0 Å². The SMILES string of the molecule is Cc1cc(N2CCCN2)nc(C)n1. The van der Waals surface area contributed by atoms with Crippen molar-refractivity contribution in [3.05, 3.63) is 17.6 Å². The maximum Gasteiger partial charge on any atom is 0.146 e. The molecule has 0 amide bonds. The van der Waals surface area contributed by atoms with Crippen LogP contribution in [0.4, 0.5) is 5.82 Å². The van der Waals surface area contributed by atoms with Gasteiger partial charge in [0.15, 0.2) is 0 Å². The summed E-state index contributed by atoms with van der Waals surface area (Å²) in [6.45, 7) is 6.00. The molecule has 2 heterocycles. The third kappa shape index (κ3) is 1.78. The van der Waals surface area contributed by atoms with Gasteiger partial charge in [0.2, 0.25) is 0 Å². The number of aryl methyl sites for hydroxylation is 2. The van der Waals surface area contributed by atoms with E-state index in [1.807, 2.05) is 19.9 Å². The van der Waals surface area contributed by atoms with E-state index in [0.717, 1.165) is 30.4 Å². The van der Waals surface area contributed by atoms with Crippen LogP contribution >= 0.6 is 0 Å². The lowest BCUT2D eigenvalue weighted by molar-refractivity contribution is 0.765. The Morgan fingerprint density at radius 2 is 2.23 bits per heavy atom. The number of rotatable bonds is 1. The number of hydrogen-bond donors (Lipinski definition) is 1. The topological polar surface area (TPSA) is 41.0 Å². The summed E-state index contributed by atoms with van der Waals surface area (Å²) in [6, 6.07) is 2.01. The van der Waals surface area contributed by atoms with Crippen molar-refractivity contribution < 1.29 is 0 Å². The number of hydrazine groups is 1. The Morgan fingerprint density at radius 3 is 2.85 bits per heavy atom. The normalized spacial score (nSPS) is 16.6. The quantitative estimate of drug-likeness (QED) is 0.691. The summed E-state index contributed by atoms with van der Waals surface area (Å²) in [7, 11) is 0. The second-order valence-electron chi connectivity index (χ2n) is 3.33. The summed E-state index contributed by atoms with van der Waals surface area (Å²) >= 11 is 0. The molecule has 0 atom stereocenters. The molecule has 1 aromatic heterocycles. The van der Waals surface area contributed by atoms with Crippen LogP contribution < -0.4 is 10.4 Å². The Morgan fingerprint density at radius 1 is 1.38 bits per heavy atom. The third-order valence-electron chi connectivity index (χ3n) is 2.09. The lowest BCUT2D eigenvalue weighted by atomic mass is 10.4. The minimum atomic E-state index is 0.837. The van der Waals surface area contributed by atoms with Crippen molar-refractivity contribution in [3.8, 4) is 0 Å². The molecule has 4 nitrogen and oxygen atoms in total. The molecule has 4 heteroatoms. The molecular formula is C9H14N4. The average Bonchev–Trinajstić information content (AvgIpc) is 2.53. The highest BCUT2D eigenvalue weighted by atomic mass is 15.5. The van der Waals surface area contributed by atoms with E-state index in [9.17, 15) is 0 Å². The molecule has 70 valence electrons. The molecule has 13 heavy (non-hydrogen) atoms. The van der Waals surface area contributed by atoms with Crippen LogP contribution in [0.3, 0.4) is 0 Å². The van der Waals surface area contributed by atoms with Gasteiger partial charge in [-0.15, -0.1) is 0 Å². The molecule has 1 aliphatic rings. The van der Waals surface area contributed by atoms with Crippen LogP contribution in [0.2, 0.25) is 0 Å². The predicted octanol–water partition coefficient (Wildman–Crippen LogP) is 0.808. The van der Waals surface area contributed by atoms with Crippen molar-refractivity contribution in [2.45, 2.75) is 20.3 Å². The van der Waals surface area contributed by atoms with Crippen molar-refractivity contribution in [1.29, 1.82) is 0 Å². The van der Waals surface area contributed by atoms with Crippen molar-refractivity contribution in [2.75, 3.05) is 18.1 Å². The van der Waals surface area contributed by atoms with Gasteiger partial charge in [0.25, 0.3) is 0 Å². The van der Waals surface area contributed by atoms with Gasteiger partial charge in [0, 0.05) is 24.8 Å². The molecule has 1 aromatic rings. The van der Waals surface area contributed by atoms with Crippen LogP contribution in [0.15, 0.2) is 6.07 Å². The van der Waals surface area contributed by atoms with Gasteiger partial charge in [-0.3, -0.25) is 5.01 Å². The van der Waals surface area contributed by atoms with Gasteiger partial charge in [0.05, 0.1) is 0 Å². The molecule has 0 aliphatic carbocycles. The molecule has 1 saturated heterocycles. The molecule has 2 rings (SSSR count). The van der Waals surface area contributed by atoms with Crippen LogP contribution in [-0.4, -0.2) is 23.1 Å². The van der Waals surface area contributed by atoms with Crippen LogP contribution in [0.25, 0.3) is 0 Å². The zero-order valence-corrected chi connectivity index (χ0v) is 8.04. The molecule has 1 fully saturated rings. The fraction of sp³-hybridized carbons (Fsp3) is 0.556. The maximum absolute atomic E-state index is 4.37. The number of hydrogen-bond acceptors (Lipinski definition) is 4. The lowest BCUT2D eigenvalue weighted by Crippen LogP contribution is -2.31. The number of nitrogens with one attached hydrogen (secondary N) is 1. The van der Waals surface area contributed by atoms with Crippen LogP contribution in [0.5, 0.6) is 0 Å². The zero-order chi connectivity index (χ0) is 9.26. The second-order valence-corrected chi connectivity index (χ2v) is 3.33. The number of nitrogens with zero attached hydrogens (tertiary/aromatic N) is 3. The van der Waals surface area contributed by atoms with Gasteiger partial charge in [0.1, 0.15) is 11.6 Å². The minimum absolute atomic E-state index is 0.837. The summed E-state index contributed by atoms with van der Waals surface area (Å²) in [4.78, 5) is 8.61. The molecule has 0 aromatic carbocycles. The van der Waals surface area contributed by atoms with Crippen LogP contribution in [0, 0.1) is 13.8 Å². The summed E-state index contributed by atoms with van der Waals surface area (Å²) < 4.78 is 0. The van der Waals surface area contributed by atoms with Crippen molar-refractivity contribution >= 4 is 5.82 Å². The molecule has 0 saturated carbocycles. The molecule has 1 N–H and O–H groups in total. The fourth-order valence-electron chi connectivity index (χ4n) is 1.56. The van der Waals surface area contributed by atoms with Gasteiger partial charge in [-0.2, -0.15) is 0 Å². The molecule has 1 aliphatic heterocycles. The molecule has 0 spiro atoms. The maximum atomic E-state index is 4.37. The van der Waals surface area contributed by atoms with Crippen molar-refractivity contribution in [3.63, 3.8) is 0 Å². The van der Waals surface area contributed by atoms with Gasteiger partial charge in [-0.1, -0.05) is 0 Å². The van der Waals surface area contributed by atoms with Gasteiger partial charge in [-0.25, -0.2) is 15.4 Å². The number of aromatic nitrogens is 2. The van der Waals surface area contributed by atoms with Crippen molar-refractivity contribution in [2.24, 2.45) is 0 Å². The predicted molar refractivity (Wildman–Crippen MR) is 51.5 cm³/mol. The summed E-state index contributed by atoms with van der Waals surface area (Å²) in [5.74, 6) is 1.83. The van der Waals surface area contributed by atoms with E-state index in [1.165, 1.54) is 6.42 Å². The zero-order valence-electron chi connectivity index (χ0n) is 8.04. The second kappa shape index (κ2) is 3.30. The third-order valence-corrected chi connectivity index (χ3v) is 2.09. The summed E-state index contributed by atoms with van der Waals surface area (Å²) in [6.07, 6.45) is 1.18. The van der Waals surface area contributed by atoms with E-state index < -0.39 is 0 Å². The first-order chi connectivity index (χ1) is 6.25.